The third-order valence-electron chi connectivity index (χ3n) is 4.36. The predicted octanol–water partition coefficient (Wildman–Crippen LogP) is 2.09. The topological polar surface area (TPSA) is 87.3 Å². The highest BCUT2D eigenvalue weighted by molar-refractivity contribution is 7.87. The van der Waals surface area contributed by atoms with Gasteiger partial charge in [0, 0.05) is 37.7 Å². The molecule has 0 aliphatic carbocycles. The first-order valence-electron chi connectivity index (χ1n) is 8.39. The number of nitrogens with one attached hydrogen (secondary N) is 2. The molecule has 0 bridgehead atoms. The van der Waals surface area contributed by atoms with Crippen molar-refractivity contribution in [3.8, 4) is 0 Å². The van der Waals surface area contributed by atoms with Gasteiger partial charge in [-0.05, 0) is 37.5 Å². The lowest BCUT2D eigenvalue weighted by Crippen LogP contribution is -2.45. The fourth-order valence-electron chi connectivity index (χ4n) is 3.18. The van der Waals surface area contributed by atoms with E-state index in [2.05, 4.69) is 14.7 Å². The lowest BCUT2D eigenvalue weighted by Gasteiger charge is -2.23. The van der Waals surface area contributed by atoms with Gasteiger partial charge in [0.25, 0.3) is 10.2 Å². The summed E-state index contributed by atoms with van der Waals surface area (Å²) in [5.41, 5.74) is 1.75. The van der Waals surface area contributed by atoms with Crippen LogP contribution in [0.3, 0.4) is 0 Å². The van der Waals surface area contributed by atoms with Gasteiger partial charge in [-0.25, -0.2) is 9.71 Å². The second-order valence-corrected chi connectivity index (χ2v) is 8.35. The zero-order valence-electron chi connectivity index (χ0n) is 14.2. The number of hydrogen-bond acceptors (Lipinski definition) is 4. The van der Waals surface area contributed by atoms with Gasteiger partial charge in [-0.1, -0.05) is 11.6 Å². The van der Waals surface area contributed by atoms with Crippen LogP contribution in [-0.4, -0.2) is 55.5 Å². The fourth-order valence-corrected chi connectivity index (χ4v) is 4.85. The maximum absolute atomic E-state index is 12.4. The number of halogens is 1. The van der Waals surface area contributed by atoms with Crippen LogP contribution in [0, 0.1) is 0 Å². The molecule has 1 aliphatic rings. The lowest BCUT2D eigenvalue weighted by molar-refractivity contribution is 0.148. The van der Waals surface area contributed by atoms with Crippen LogP contribution in [0.2, 0.25) is 5.02 Å². The number of imidazole rings is 1. The molecule has 0 radical (unpaired) electrons. The molecule has 1 fully saturated rings. The molecule has 3 rings (SSSR count). The summed E-state index contributed by atoms with van der Waals surface area (Å²) in [4.78, 5) is 7.70. The molecular weight excluding hydrogens is 364 g/mol. The second-order valence-electron chi connectivity index (χ2n) is 6.21. The zero-order valence-corrected chi connectivity index (χ0v) is 15.7. The van der Waals surface area contributed by atoms with Crippen LogP contribution in [-0.2, 0) is 21.4 Å². The molecule has 2 aromatic rings. The van der Waals surface area contributed by atoms with Crippen LogP contribution in [0.4, 0.5) is 0 Å². The van der Waals surface area contributed by atoms with Crippen LogP contribution in [0.1, 0.15) is 25.1 Å². The SMILES string of the molecule is COC[C@@H]1CCCN1S(=O)(=O)NCCCc1nc2ccc(Cl)cc2[nH]1. The monoisotopic (exact) mass is 386 g/mol. The molecule has 2 N–H and O–H groups in total. The number of fused-ring (bicyclic) bond motifs is 1. The Morgan fingerprint density at radius 1 is 1.48 bits per heavy atom. The number of H-pyrrole nitrogens is 1. The number of hydrogen-bond donors (Lipinski definition) is 2. The Kier molecular flexibility index (Phi) is 5.96. The summed E-state index contributed by atoms with van der Waals surface area (Å²) in [6.07, 6.45) is 3.04. The highest BCUT2D eigenvalue weighted by Gasteiger charge is 2.33. The minimum atomic E-state index is -3.46. The summed E-state index contributed by atoms with van der Waals surface area (Å²) >= 11 is 5.96. The molecule has 1 saturated heterocycles. The number of nitrogens with zero attached hydrogens (tertiary/aromatic N) is 2. The van der Waals surface area contributed by atoms with Crippen molar-refractivity contribution in [2.24, 2.45) is 0 Å². The fraction of sp³-hybridized carbons (Fsp3) is 0.562. The molecule has 1 atom stereocenters. The van der Waals surface area contributed by atoms with Gasteiger partial charge in [-0.2, -0.15) is 12.7 Å². The van der Waals surface area contributed by atoms with E-state index in [0.29, 0.717) is 37.6 Å². The molecule has 0 amide bonds. The summed E-state index contributed by atoms with van der Waals surface area (Å²) in [5.74, 6) is 0.829. The van der Waals surface area contributed by atoms with E-state index in [-0.39, 0.29) is 6.04 Å². The Labute approximate surface area is 152 Å². The van der Waals surface area contributed by atoms with Gasteiger partial charge in [0.2, 0.25) is 0 Å². The Balaban J connectivity index is 1.51. The third kappa shape index (κ3) is 4.51. The molecule has 0 unspecified atom stereocenters. The number of rotatable bonds is 8. The van der Waals surface area contributed by atoms with Crippen molar-refractivity contribution < 1.29 is 13.2 Å². The molecule has 2 heterocycles. The summed E-state index contributed by atoms with van der Waals surface area (Å²) in [7, 11) is -1.87. The Morgan fingerprint density at radius 3 is 3.12 bits per heavy atom. The van der Waals surface area contributed by atoms with Crippen LogP contribution < -0.4 is 4.72 Å². The first-order chi connectivity index (χ1) is 12.0. The zero-order chi connectivity index (χ0) is 17.9. The van der Waals surface area contributed by atoms with E-state index < -0.39 is 10.2 Å². The molecule has 138 valence electrons. The van der Waals surface area contributed by atoms with E-state index >= 15 is 0 Å². The van der Waals surface area contributed by atoms with E-state index in [1.54, 1.807) is 13.2 Å². The van der Waals surface area contributed by atoms with Crippen molar-refractivity contribution in [3.05, 3.63) is 29.0 Å². The first-order valence-corrected chi connectivity index (χ1v) is 10.2. The molecule has 1 aliphatic heterocycles. The molecule has 1 aromatic heterocycles. The number of benzene rings is 1. The van der Waals surface area contributed by atoms with Gasteiger partial charge in [0.1, 0.15) is 5.82 Å². The van der Waals surface area contributed by atoms with Gasteiger partial charge in [0.05, 0.1) is 17.6 Å². The Hall–Kier alpha value is -1.19. The third-order valence-corrected chi connectivity index (χ3v) is 6.26. The average molecular weight is 387 g/mol. The van der Waals surface area contributed by atoms with E-state index in [0.717, 1.165) is 29.7 Å². The standard InChI is InChI=1S/C16H23ClN4O3S/c1-24-11-13-4-3-9-21(13)25(22,23)18-8-2-5-16-19-14-7-6-12(17)10-15(14)20-16/h6-7,10,13,18H,2-5,8-9,11H2,1H3,(H,19,20)/t13-/m0/s1. The highest BCUT2D eigenvalue weighted by Crippen LogP contribution is 2.20. The molecule has 0 spiro atoms. The average Bonchev–Trinajstić information content (AvgIpc) is 3.18. The van der Waals surface area contributed by atoms with Crippen molar-refractivity contribution in [2.75, 3.05) is 26.8 Å². The van der Waals surface area contributed by atoms with Gasteiger partial charge in [-0.3, -0.25) is 0 Å². The maximum Gasteiger partial charge on any atom is 0.279 e. The molecule has 0 saturated carbocycles. The van der Waals surface area contributed by atoms with Crippen LogP contribution >= 0.6 is 11.6 Å². The van der Waals surface area contributed by atoms with Crippen molar-refractivity contribution >= 4 is 32.8 Å². The van der Waals surface area contributed by atoms with E-state index in [1.165, 1.54) is 4.31 Å². The van der Waals surface area contributed by atoms with Crippen molar-refractivity contribution in [2.45, 2.75) is 31.7 Å². The summed E-state index contributed by atoms with van der Waals surface area (Å²) in [6, 6.07) is 5.43. The quantitative estimate of drug-likeness (QED) is 0.680. The molecular formula is C16H23ClN4O3S. The van der Waals surface area contributed by atoms with Crippen LogP contribution in [0.25, 0.3) is 11.0 Å². The highest BCUT2D eigenvalue weighted by atomic mass is 35.5. The normalized spacial score (nSPS) is 19.0. The van der Waals surface area contributed by atoms with E-state index in [1.807, 2.05) is 12.1 Å². The molecule has 25 heavy (non-hydrogen) atoms. The first kappa shape index (κ1) is 18.6. The summed E-state index contributed by atoms with van der Waals surface area (Å²) in [5, 5.41) is 0.659. The van der Waals surface area contributed by atoms with Crippen molar-refractivity contribution in [3.63, 3.8) is 0 Å². The van der Waals surface area contributed by atoms with Crippen molar-refractivity contribution in [1.29, 1.82) is 0 Å². The Bertz CT molecular complexity index is 824. The molecule has 1 aromatic carbocycles. The van der Waals surface area contributed by atoms with Gasteiger partial charge >= 0.3 is 0 Å². The predicted molar refractivity (Wildman–Crippen MR) is 98.0 cm³/mol. The number of aryl methyl sites for hydroxylation is 1. The smallest absolute Gasteiger partial charge is 0.279 e. The molecule has 9 heteroatoms. The Morgan fingerprint density at radius 2 is 2.32 bits per heavy atom. The lowest BCUT2D eigenvalue weighted by atomic mass is 10.2. The number of aromatic amines is 1. The van der Waals surface area contributed by atoms with Crippen molar-refractivity contribution in [1.82, 2.24) is 19.0 Å². The van der Waals surface area contributed by atoms with Crippen LogP contribution in [0.5, 0.6) is 0 Å². The number of aromatic nitrogens is 2. The largest absolute Gasteiger partial charge is 0.383 e. The van der Waals surface area contributed by atoms with E-state index in [4.69, 9.17) is 16.3 Å². The number of methoxy groups -OCH3 is 1. The van der Waals surface area contributed by atoms with E-state index in [9.17, 15) is 8.42 Å². The van der Waals surface area contributed by atoms with Gasteiger partial charge in [0.15, 0.2) is 0 Å². The molecule has 7 nitrogen and oxygen atoms in total. The maximum atomic E-state index is 12.4. The summed E-state index contributed by atoms with van der Waals surface area (Å²) in [6.45, 7) is 1.35. The van der Waals surface area contributed by atoms with Gasteiger partial charge < -0.3 is 9.72 Å². The van der Waals surface area contributed by atoms with Crippen LogP contribution in [0.15, 0.2) is 18.2 Å². The second kappa shape index (κ2) is 8.01. The minimum absolute atomic E-state index is 0.0670. The summed E-state index contributed by atoms with van der Waals surface area (Å²) < 4.78 is 34.2. The van der Waals surface area contributed by atoms with Gasteiger partial charge in [-0.15, -0.1) is 0 Å². The minimum Gasteiger partial charge on any atom is -0.383 e. The number of ether oxygens (including phenoxy) is 1.